The summed E-state index contributed by atoms with van der Waals surface area (Å²) < 4.78 is 1.38. The Morgan fingerprint density at radius 1 is 1.11 bits per heavy atom. The van der Waals surface area contributed by atoms with Gasteiger partial charge < -0.3 is 0 Å². The number of aryl methyl sites for hydroxylation is 1. The summed E-state index contributed by atoms with van der Waals surface area (Å²) in [5.74, 6) is 0.774. The van der Waals surface area contributed by atoms with Gasteiger partial charge in [-0.05, 0) is 36.1 Å². The predicted octanol–water partition coefficient (Wildman–Crippen LogP) is 4.62. The topological polar surface area (TPSA) is 41.9 Å². The Bertz CT molecular complexity index is 1100. The molecule has 1 aliphatic rings. The molecule has 0 bridgehead atoms. The fourth-order valence-electron chi connectivity index (χ4n) is 3.72. The third-order valence-corrected chi connectivity index (χ3v) is 6.50. The van der Waals surface area contributed by atoms with Gasteiger partial charge in [0.05, 0.1) is 5.69 Å². The van der Waals surface area contributed by atoms with Gasteiger partial charge in [0.1, 0.15) is 0 Å². The van der Waals surface area contributed by atoms with Gasteiger partial charge in [-0.3, -0.25) is 9.88 Å². The molecule has 0 atom stereocenters. The number of fused-ring (bicyclic) bond motifs is 2. The molecule has 0 spiro atoms. The highest BCUT2D eigenvalue weighted by atomic mass is 32.1. The van der Waals surface area contributed by atoms with Crippen LogP contribution in [0.5, 0.6) is 0 Å². The van der Waals surface area contributed by atoms with Crippen LogP contribution in [0.25, 0.3) is 21.5 Å². The summed E-state index contributed by atoms with van der Waals surface area (Å²) in [6, 6.07) is 12.6. The molecule has 1 aliphatic heterocycles. The monoisotopic (exact) mass is 372 g/mol. The van der Waals surface area contributed by atoms with Crippen molar-refractivity contribution in [1.82, 2.24) is 19.9 Å². The van der Waals surface area contributed by atoms with E-state index in [9.17, 15) is 0 Å². The maximum absolute atomic E-state index is 4.80. The molecule has 27 heavy (non-hydrogen) atoms. The Morgan fingerprint density at radius 2 is 2.04 bits per heavy atom. The highest BCUT2D eigenvalue weighted by molar-refractivity contribution is 7.19. The zero-order valence-electron chi connectivity index (χ0n) is 15.2. The van der Waals surface area contributed by atoms with Crippen molar-refractivity contribution in [1.29, 1.82) is 0 Å². The number of thiophene rings is 1. The van der Waals surface area contributed by atoms with Crippen molar-refractivity contribution in [3.8, 4) is 11.4 Å². The number of pyridine rings is 1. The van der Waals surface area contributed by atoms with E-state index in [2.05, 4.69) is 46.1 Å². The molecule has 134 valence electrons. The van der Waals surface area contributed by atoms with E-state index in [1.165, 1.54) is 31.8 Å². The molecule has 5 rings (SSSR count). The summed E-state index contributed by atoms with van der Waals surface area (Å²) in [5, 5.41) is 1.39. The second-order valence-electron chi connectivity index (χ2n) is 7.01. The van der Waals surface area contributed by atoms with Gasteiger partial charge in [-0.25, -0.2) is 9.97 Å². The molecule has 0 saturated carbocycles. The Balaban J connectivity index is 1.37. The van der Waals surface area contributed by atoms with E-state index < -0.39 is 0 Å². The molecular formula is C22H20N4S. The molecule has 0 fully saturated rings. The predicted molar refractivity (Wildman–Crippen MR) is 110 cm³/mol. The van der Waals surface area contributed by atoms with Crippen LogP contribution in [0.2, 0.25) is 0 Å². The van der Waals surface area contributed by atoms with Crippen molar-refractivity contribution in [2.45, 2.75) is 26.4 Å². The smallest absolute Gasteiger partial charge is 0.160 e. The van der Waals surface area contributed by atoms with Gasteiger partial charge in [-0.15, -0.1) is 11.3 Å². The van der Waals surface area contributed by atoms with E-state index in [1.54, 1.807) is 6.20 Å². The quantitative estimate of drug-likeness (QED) is 0.526. The molecule has 0 saturated heterocycles. The van der Waals surface area contributed by atoms with Crippen LogP contribution in [0.4, 0.5) is 0 Å². The standard InChI is InChI=1S/C22H20N4S/c1-15-18-6-2-3-7-20(18)27-21(15)14-26-10-8-19-17(13-26)12-24-22(25-19)16-5-4-9-23-11-16/h2-7,9,11-12H,8,10,13-14H2,1H3. The van der Waals surface area contributed by atoms with Crippen LogP contribution in [0.3, 0.4) is 0 Å². The van der Waals surface area contributed by atoms with E-state index >= 15 is 0 Å². The van der Waals surface area contributed by atoms with E-state index in [4.69, 9.17) is 4.98 Å². The van der Waals surface area contributed by atoms with Gasteiger partial charge in [0, 0.05) is 65.3 Å². The minimum atomic E-state index is 0.774. The van der Waals surface area contributed by atoms with Crippen LogP contribution in [0, 0.1) is 6.92 Å². The van der Waals surface area contributed by atoms with Gasteiger partial charge in [0.15, 0.2) is 5.82 Å². The SMILES string of the molecule is Cc1c(CN2CCc3nc(-c4cccnc4)ncc3C2)sc2ccccc12. The second kappa shape index (κ2) is 6.83. The fraction of sp³-hybridized carbons (Fsp3) is 0.227. The summed E-state index contributed by atoms with van der Waals surface area (Å²) in [6.07, 6.45) is 6.56. The molecule has 1 aromatic carbocycles. The molecule has 0 aliphatic carbocycles. The van der Waals surface area contributed by atoms with Gasteiger partial charge in [0.25, 0.3) is 0 Å². The molecule has 3 aromatic heterocycles. The average molecular weight is 372 g/mol. The van der Waals surface area contributed by atoms with Crippen molar-refractivity contribution >= 4 is 21.4 Å². The minimum Gasteiger partial charge on any atom is -0.293 e. The zero-order valence-corrected chi connectivity index (χ0v) is 16.0. The van der Waals surface area contributed by atoms with E-state index in [0.29, 0.717) is 0 Å². The van der Waals surface area contributed by atoms with E-state index in [0.717, 1.165) is 37.4 Å². The minimum absolute atomic E-state index is 0.774. The first-order chi connectivity index (χ1) is 13.3. The molecule has 0 amide bonds. The van der Waals surface area contributed by atoms with Gasteiger partial charge >= 0.3 is 0 Å². The molecule has 4 aromatic rings. The van der Waals surface area contributed by atoms with Crippen LogP contribution in [0.15, 0.2) is 55.0 Å². The summed E-state index contributed by atoms with van der Waals surface area (Å²) in [4.78, 5) is 17.5. The third kappa shape index (κ3) is 3.13. The number of hydrogen-bond acceptors (Lipinski definition) is 5. The summed E-state index contributed by atoms with van der Waals surface area (Å²) in [5.41, 5.74) is 4.81. The number of hydrogen-bond donors (Lipinski definition) is 0. The lowest BCUT2D eigenvalue weighted by molar-refractivity contribution is 0.245. The van der Waals surface area contributed by atoms with Gasteiger partial charge in [-0.1, -0.05) is 18.2 Å². The second-order valence-corrected chi connectivity index (χ2v) is 8.15. The summed E-state index contributed by atoms with van der Waals surface area (Å²) >= 11 is 1.92. The van der Waals surface area contributed by atoms with Crippen molar-refractivity contribution < 1.29 is 0 Å². The first-order valence-electron chi connectivity index (χ1n) is 9.22. The highest BCUT2D eigenvalue weighted by Gasteiger charge is 2.20. The first-order valence-corrected chi connectivity index (χ1v) is 10.0. The van der Waals surface area contributed by atoms with Crippen molar-refractivity contribution in [2.75, 3.05) is 6.54 Å². The lowest BCUT2D eigenvalue weighted by Crippen LogP contribution is -2.30. The van der Waals surface area contributed by atoms with Gasteiger partial charge in [-0.2, -0.15) is 0 Å². The van der Waals surface area contributed by atoms with Crippen LogP contribution < -0.4 is 0 Å². The molecule has 4 nitrogen and oxygen atoms in total. The molecule has 0 unspecified atom stereocenters. The molecule has 0 radical (unpaired) electrons. The maximum atomic E-state index is 4.80. The van der Waals surface area contributed by atoms with Crippen LogP contribution >= 0.6 is 11.3 Å². The van der Waals surface area contributed by atoms with Gasteiger partial charge in [0.2, 0.25) is 0 Å². The van der Waals surface area contributed by atoms with Crippen molar-refractivity contribution in [3.05, 3.63) is 76.7 Å². The molecule has 4 heterocycles. The molecule has 5 heteroatoms. The van der Waals surface area contributed by atoms with Crippen molar-refractivity contribution in [3.63, 3.8) is 0 Å². The van der Waals surface area contributed by atoms with Crippen LogP contribution in [-0.4, -0.2) is 26.4 Å². The number of rotatable bonds is 3. The summed E-state index contributed by atoms with van der Waals surface area (Å²) in [6.45, 7) is 5.19. The Labute approximate surface area is 162 Å². The normalized spacial score (nSPS) is 14.4. The lowest BCUT2D eigenvalue weighted by Gasteiger charge is -2.27. The van der Waals surface area contributed by atoms with Crippen molar-refractivity contribution in [2.24, 2.45) is 0 Å². The number of benzene rings is 1. The largest absolute Gasteiger partial charge is 0.293 e. The fourth-order valence-corrected chi connectivity index (χ4v) is 4.98. The zero-order chi connectivity index (χ0) is 18.2. The Morgan fingerprint density at radius 3 is 2.89 bits per heavy atom. The highest BCUT2D eigenvalue weighted by Crippen LogP contribution is 2.32. The molecule has 0 N–H and O–H groups in total. The summed E-state index contributed by atoms with van der Waals surface area (Å²) in [7, 11) is 0. The third-order valence-electron chi connectivity index (χ3n) is 5.24. The number of aromatic nitrogens is 3. The number of nitrogens with zero attached hydrogens (tertiary/aromatic N) is 4. The Hall–Kier alpha value is -2.63. The maximum Gasteiger partial charge on any atom is 0.160 e. The average Bonchev–Trinajstić information content (AvgIpc) is 3.04. The molecular weight excluding hydrogens is 352 g/mol. The van der Waals surface area contributed by atoms with Crippen LogP contribution in [0.1, 0.15) is 21.7 Å². The van der Waals surface area contributed by atoms with Crippen LogP contribution in [-0.2, 0) is 19.5 Å². The Kier molecular flexibility index (Phi) is 4.19. The van der Waals surface area contributed by atoms with E-state index in [1.807, 2.05) is 35.9 Å². The van der Waals surface area contributed by atoms with E-state index in [-0.39, 0.29) is 0 Å². The first kappa shape index (κ1) is 16.5. The lowest BCUT2D eigenvalue weighted by atomic mass is 10.1.